The van der Waals surface area contributed by atoms with E-state index >= 15 is 0 Å². The van der Waals surface area contributed by atoms with Crippen molar-refractivity contribution >= 4 is 11.7 Å². The summed E-state index contributed by atoms with van der Waals surface area (Å²) in [6.45, 7) is 0. The molecule has 0 aliphatic rings. The number of hydrogen-bond acceptors (Lipinski definition) is 5. The van der Waals surface area contributed by atoms with E-state index in [0.717, 1.165) is 5.56 Å². The lowest BCUT2D eigenvalue weighted by atomic mass is 10.1. The Kier molecular flexibility index (Phi) is 4.94. The predicted octanol–water partition coefficient (Wildman–Crippen LogP) is 2.87. The first-order valence-corrected chi connectivity index (χ1v) is 7.50. The normalized spacial score (nSPS) is 10.3. The van der Waals surface area contributed by atoms with Crippen LogP contribution in [0, 0.1) is 5.82 Å². The summed E-state index contributed by atoms with van der Waals surface area (Å²) >= 11 is 0. The van der Waals surface area contributed by atoms with Gasteiger partial charge in [0.1, 0.15) is 12.1 Å². The van der Waals surface area contributed by atoms with E-state index in [1.807, 2.05) is 6.07 Å². The molecular weight excluding hydrogens is 323 g/mol. The zero-order chi connectivity index (χ0) is 17.6. The molecule has 126 valence electrons. The number of amides is 1. The number of methoxy groups -OCH3 is 1. The Morgan fingerprint density at radius 2 is 2.12 bits per heavy atom. The monoisotopic (exact) mass is 338 g/mol. The molecule has 2 aromatic heterocycles. The van der Waals surface area contributed by atoms with Crippen molar-refractivity contribution < 1.29 is 13.9 Å². The summed E-state index contributed by atoms with van der Waals surface area (Å²) in [4.78, 5) is 24.3. The third kappa shape index (κ3) is 4.14. The number of carbonyl (C=O) groups excluding carboxylic acids is 1. The number of nitrogens with zero attached hydrogens (tertiary/aromatic N) is 3. The molecule has 3 aromatic rings. The lowest BCUT2D eigenvalue weighted by molar-refractivity contribution is -0.115. The molecule has 0 saturated carbocycles. The summed E-state index contributed by atoms with van der Waals surface area (Å²) in [5.41, 5.74) is 2.01. The highest BCUT2D eigenvalue weighted by Crippen LogP contribution is 2.25. The maximum atomic E-state index is 13.5. The maximum Gasteiger partial charge on any atom is 0.230 e. The van der Waals surface area contributed by atoms with Gasteiger partial charge in [0.05, 0.1) is 19.2 Å². The highest BCUT2D eigenvalue weighted by molar-refractivity contribution is 5.91. The summed E-state index contributed by atoms with van der Waals surface area (Å²) in [5, 5.41) is 2.72. The number of anilines is 1. The lowest BCUT2D eigenvalue weighted by Crippen LogP contribution is -2.15. The number of halogens is 1. The Morgan fingerprint density at radius 1 is 1.24 bits per heavy atom. The minimum absolute atomic E-state index is 0.123. The number of benzene rings is 1. The molecule has 1 N–H and O–H groups in total. The van der Waals surface area contributed by atoms with Crippen molar-refractivity contribution in [1.29, 1.82) is 0 Å². The summed E-state index contributed by atoms with van der Waals surface area (Å²) < 4.78 is 18.5. The minimum atomic E-state index is -0.453. The average Bonchev–Trinajstić information content (AvgIpc) is 2.63. The van der Waals surface area contributed by atoms with Crippen molar-refractivity contribution in [3.8, 4) is 17.0 Å². The van der Waals surface area contributed by atoms with E-state index < -0.39 is 5.82 Å². The number of aromatic nitrogens is 3. The molecule has 0 aliphatic carbocycles. The van der Waals surface area contributed by atoms with Crippen molar-refractivity contribution in [2.75, 3.05) is 12.4 Å². The number of hydrogen-bond donors (Lipinski definition) is 1. The maximum absolute atomic E-state index is 13.5. The fourth-order valence-electron chi connectivity index (χ4n) is 2.28. The summed E-state index contributed by atoms with van der Waals surface area (Å²) in [6.07, 6.45) is 4.81. The minimum Gasteiger partial charge on any atom is -0.494 e. The van der Waals surface area contributed by atoms with E-state index in [2.05, 4.69) is 20.3 Å². The second-order valence-electron chi connectivity index (χ2n) is 5.22. The lowest BCUT2D eigenvalue weighted by Gasteiger charge is -2.08. The Hall–Kier alpha value is -3.35. The fourth-order valence-corrected chi connectivity index (χ4v) is 2.28. The molecule has 0 spiro atoms. The van der Waals surface area contributed by atoms with Crippen molar-refractivity contribution in [3.05, 3.63) is 66.5 Å². The molecule has 6 nitrogen and oxygen atoms in total. The Labute approximate surface area is 143 Å². The first-order valence-electron chi connectivity index (χ1n) is 7.50. The molecule has 0 unspecified atom stereocenters. The van der Waals surface area contributed by atoms with Crippen LogP contribution in [-0.4, -0.2) is 28.0 Å². The van der Waals surface area contributed by atoms with E-state index in [9.17, 15) is 9.18 Å². The van der Waals surface area contributed by atoms with Crippen molar-refractivity contribution in [2.24, 2.45) is 0 Å². The molecule has 25 heavy (non-hydrogen) atoms. The molecule has 0 atom stereocenters. The van der Waals surface area contributed by atoms with Gasteiger partial charge in [-0.25, -0.2) is 14.4 Å². The average molecular weight is 338 g/mol. The van der Waals surface area contributed by atoms with Crippen LogP contribution in [0.25, 0.3) is 11.3 Å². The molecule has 7 heteroatoms. The third-order valence-corrected chi connectivity index (χ3v) is 3.47. The molecule has 0 bridgehead atoms. The van der Waals surface area contributed by atoms with Crippen molar-refractivity contribution in [2.45, 2.75) is 6.42 Å². The molecule has 0 fully saturated rings. The standard InChI is InChI=1S/C18H15FN4O2/c1-25-16-8-13(4-5-14(16)19)15-9-17(22-11-21-15)23-18(24)7-12-3-2-6-20-10-12/h2-6,8-11H,7H2,1H3,(H,21,22,23,24). The van der Waals surface area contributed by atoms with Gasteiger partial charge in [-0.1, -0.05) is 6.07 Å². The summed E-state index contributed by atoms with van der Waals surface area (Å²) in [7, 11) is 1.40. The number of pyridine rings is 1. The van der Waals surface area contributed by atoms with Crippen LogP contribution in [-0.2, 0) is 11.2 Å². The molecule has 1 amide bonds. The molecule has 0 radical (unpaired) electrons. The Balaban J connectivity index is 1.76. The fraction of sp³-hybridized carbons (Fsp3) is 0.111. The smallest absolute Gasteiger partial charge is 0.230 e. The van der Waals surface area contributed by atoms with Crippen LogP contribution in [0.1, 0.15) is 5.56 Å². The molecule has 3 rings (SSSR count). The number of ether oxygens (including phenoxy) is 1. The summed E-state index contributed by atoms with van der Waals surface area (Å²) in [6, 6.07) is 9.64. The van der Waals surface area contributed by atoms with Gasteiger partial charge in [-0.15, -0.1) is 0 Å². The molecular formula is C18H15FN4O2. The topological polar surface area (TPSA) is 77.0 Å². The molecule has 0 saturated heterocycles. The zero-order valence-corrected chi connectivity index (χ0v) is 13.4. The van der Waals surface area contributed by atoms with E-state index in [0.29, 0.717) is 17.1 Å². The quantitative estimate of drug-likeness (QED) is 0.774. The number of nitrogens with one attached hydrogen (secondary N) is 1. The van der Waals surface area contributed by atoms with Gasteiger partial charge in [0.25, 0.3) is 0 Å². The zero-order valence-electron chi connectivity index (χ0n) is 13.4. The van der Waals surface area contributed by atoms with E-state index in [4.69, 9.17) is 4.74 Å². The van der Waals surface area contributed by atoms with Crippen LogP contribution in [0.3, 0.4) is 0 Å². The second-order valence-corrected chi connectivity index (χ2v) is 5.22. The SMILES string of the molecule is COc1cc(-c2cc(NC(=O)Cc3cccnc3)ncn2)ccc1F. The van der Waals surface area contributed by atoms with E-state index in [-0.39, 0.29) is 18.1 Å². The highest BCUT2D eigenvalue weighted by atomic mass is 19.1. The number of rotatable bonds is 5. The van der Waals surface area contributed by atoms with Gasteiger partial charge in [0, 0.05) is 24.0 Å². The van der Waals surface area contributed by atoms with Gasteiger partial charge in [-0.2, -0.15) is 0 Å². The van der Waals surface area contributed by atoms with Gasteiger partial charge >= 0.3 is 0 Å². The van der Waals surface area contributed by atoms with E-state index in [1.54, 1.807) is 36.7 Å². The molecule has 1 aromatic carbocycles. The van der Waals surface area contributed by atoms with Crippen LogP contribution in [0.4, 0.5) is 10.2 Å². The molecule has 2 heterocycles. The van der Waals surface area contributed by atoms with Crippen molar-refractivity contribution in [1.82, 2.24) is 15.0 Å². The van der Waals surface area contributed by atoms with Gasteiger partial charge < -0.3 is 10.1 Å². The van der Waals surface area contributed by atoms with Crippen LogP contribution in [0.15, 0.2) is 55.1 Å². The van der Waals surface area contributed by atoms with E-state index in [1.165, 1.54) is 19.5 Å². The van der Waals surface area contributed by atoms with Gasteiger partial charge in [0.15, 0.2) is 11.6 Å². The third-order valence-electron chi connectivity index (χ3n) is 3.47. The van der Waals surface area contributed by atoms with Gasteiger partial charge in [-0.3, -0.25) is 9.78 Å². The van der Waals surface area contributed by atoms with Crippen LogP contribution in [0.5, 0.6) is 5.75 Å². The van der Waals surface area contributed by atoms with Gasteiger partial charge in [0.2, 0.25) is 5.91 Å². The first-order chi connectivity index (χ1) is 12.2. The Bertz CT molecular complexity index is 887. The highest BCUT2D eigenvalue weighted by Gasteiger charge is 2.09. The van der Waals surface area contributed by atoms with Gasteiger partial charge in [-0.05, 0) is 29.8 Å². The predicted molar refractivity (Wildman–Crippen MR) is 90.5 cm³/mol. The van der Waals surface area contributed by atoms with Crippen LogP contribution in [0.2, 0.25) is 0 Å². The second kappa shape index (κ2) is 7.48. The first kappa shape index (κ1) is 16.5. The van der Waals surface area contributed by atoms with Crippen LogP contribution < -0.4 is 10.1 Å². The number of carbonyl (C=O) groups is 1. The van der Waals surface area contributed by atoms with Crippen molar-refractivity contribution in [3.63, 3.8) is 0 Å². The molecule has 0 aliphatic heterocycles. The Morgan fingerprint density at radius 3 is 2.88 bits per heavy atom. The van der Waals surface area contributed by atoms with Crippen LogP contribution >= 0.6 is 0 Å². The summed E-state index contributed by atoms with van der Waals surface area (Å²) in [5.74, 6) is -0.180. The largest absolute Gasteiger partial charge is 0.494 e.